The number of likely N-dealkylation sites (tertiary alicyclic amines) is 2. The zero-order valence-corrected chi connectivity index (χ0v) is 57.5. The van der Waals surface area contributed by atoms with Crippen molar-refractivity contribution in [1.29, 1.82) is 0 Å². The second-order valence-corrected chi connectivity index (χ2v) is 27.3. The first-order chi connectivity index (χ1) is 44.7. The summed E-state index contributed by atoms with van der Waals surface area (Å²) in [5.74, 6) is -5.88. The second kappa shape index (κ2) is 38.5. The van der Waals surface area contributed by atoms with E-state index in [0.717, 1.165) is 35.6 Å². The number of unbranched alkanes of at least 4 members (excludes halogenated alkanes) is 2. The Balaban J connectivity index is 1.21. The van der Waals surface area contributed by atoms with Crippen LogP contribution in [0.4, 0.5) is 15.3 Å². The van der Waals surface area contributed by atoms with Crippen LogP contribution in [0.1, 0.15) is 159 Å². The van der Waals surface area contributed by atoms with Gasteiger partial charge in [-0.15, -0.1) is 23.1 Å². The molecule has 0 saturated carbocycles. The number of primary amides is 1. The van der Waals surface area contributed by atoms with Crippen molar-refractivity contribution in [3.05, 3.63) is 93.3 Å². The fourth-order valence-electron chi connectivity index (χ4n) is 11.3. The van der Waals surface area contributed by atoms with Gasteiger partial charge in [0.15, 0.2) is 6.10 Å². The highest BCUT2D eigenvalue weighted by Gasteiger charge is 2.40. The number of rotatable bonds is 36. The maximum atomic E-state index is 14.5. The fourth-order valence-corrected chi connectivity index (χ4v) is 13.2. The lowest BCUT2D eigenvalue weighted by Gasteiger charge is -2.38. The molecule has 10 N–H and O–H groups in total. The molecule has 3 heterocycles. The number of thiazole rings is 1. The summed E-state index contributed by atoms with van der Waals surface area (Å²) in [6, 6.07) is 1.29. The van der Waals surface area contributed by atoms with Gasteiger partial charge in [0.1, 0.15) is 28.8 Å². The van der Waals surface area contributed by atoms with E-state index in [2.05, 4.69) is 42.2 Å². The number of hydrogen-bond donors (Lipinski definition) is 9. The van der Waals surface area contributed by atoms with Crippen LogP contribution in [0.2, 0.25) is 0 Å². The number of carbonyl (C=O) groups excluding carboxylic acids is 10. The number of aliphatic carboxylic acids is 1. The number of urea groups is 1. The van der Waals surface area contributed by atoms with Crippen LogP contribution in [-0.4, -0.2) is 172 Å². The van der Waals surface area contributed by atoms with Crippen molar-refractivity contribution >= 4 is 94.1 Å². The first-order valence-electron chi connectivity index (χ1n) is 32.6. The van der Waals surface area contributed by atoms with Crippen molar-refractivity contribution in [2.45, 2.75) is 186 Å². The number of hydrogen-bond acceptors (Lipinski definition) is 16. The summed E-state index contributed by atoms with van der Waals surface area (Å²) < 4.78 is 5.88. The number of likely N-dealkylation sites (N-methyl/N-ethyl adjacent to an activating group) is 2. The average Bonchev–Trinajstić information content (AvgIpc) is 1.48. The topological polar surface area (TPSA) is 350 Å². The van der Waals surface area contributed by atoms with Gasteiger partial charge in [0.25, 0.3) is 5.91 Å². The highest BCUT2D eigenvalue weighted by molar-refractivity contribution is 8.04. The number of nitrogens with one attached hydrogen (secondary N) is 7. The molecular formula is C67H98N12O13S2. The Labute approximate surface area is 560 Å². The molecule has 2 fully saturated rings. The number of ether oxygens (including phenoxy) is 1. The summed E-state index contributed by atoms with van der Waals surface area (Å²) in [7, 11) is 4.99. The molecule has 0 bridgehead atoms. The zero-order chi connectivity index (χ0) is 69.2. The Morgan fingerprint density at radius 3 is 2.22 bits per heavy atom. The lowest BCUT2D eigenvalue weighted by molar-refractivity contribution is -0.142. The monoisotopic (exact) mass is 1340 g/mol. The first-order valence-corrected chi connectivity index (χ1v) is 34.4. The number of thioether (sulfide) groups is 1. The Hall–Kier alpha value is -7.91. The molecule has 1 aromatic heterocycles. The van der Waals surface area contributed by atoms with Gasteiger partial charge in [0, 0.05) is 74.5 Å². The number of allylic oxidation sites excluding steroid dienone is 7. The number of nitrogens with two attached hydrogens (primary N) is 1. The smallest absolute Gasteiger partial charge is 0.407 e. The van der Waals surface area contributed by atoms with Crippen LogP contribution < -0.4 is 43.0 Å². The molecule has 2 aromatic rings. The fraction of sp³-hybridized carbons (Fsp3) is 0.582. The number of alkyl carbamates (subject to hydrolysis) is 1. The molecule has 94 heavy (non-hydrogen) atoms. The largest absolute Gasteiger partial charge is 0.481 e. The average molecular weight is 1340 g/mol. The standard InChI is InChI=1S/C67H98N12O13S2/c1-11-42(6)57(76-60(84)50-26-19-21-33-77(50)9)64(87)78(10)51(40(2)3)37-52(92-67(91)69-8)62-74-49(39-93-62)59(83)72-46(35-43(7)65(88)89)36-44-28-30-45(31-29-44)71-58(82)48(25-22-32-70-66(68)90)73-61(85)56(41(4)5)75-54(80)27-18-15-20-34-79-55(81)38-53(63(79)86)94-47-23-16-13-12-14-17-24-47/h12-14,16-17,23-24,28-31,39-43,46,48,50-53,56-57H,11,15,18-22,25-27,32-38H2,1-10H3,(H,69,91)(H,71,82)(H,72,83)(H,73,85)(H,75,80)(H,76,84)(H,88,89)(H3,68,70,90)/t42-,43-,46+,48-,50+,51+,52+,53?,56-,57-/m0/s1. The Bertz CT molecular complexity index is 3080. The Morgan fingerprint density at radius 2 is 1.56 bits per heavy atom. The predicted octanol–water partition coefficient (Wildman–Crippen LogP) is 6.88. The molecule has 5 rings (SSSR count). The van der Waals surface area contributed by atoms with E-state index in [-0.39, 0.29) is 110 Å². The number of aromatic nitrogens is 1. The van der Waals surface area contributed by atoms with Crippen LogP contribution >= 0.6 is 23.1 Å². The summed E-state index contributed by atoms with van der Waals surface area (Å²) in [6.07, 6.45) is 16.9. The highest BCUT2D eigenvalue weighted by atomic mass is 32.2. The number of nitrogens with zero attached hydrogens (tertiary/aromatic N) is 4. The van der Waals surface area contributed by atoms with Gasteiger partial charge in [-0.05, 0) is 113 Å². The Kier molecular flexibility index (Phi) is 31.4. The number of carboxylic acid groups (broad SMARTS) is 1. The maximum Gasteiger partial charge on any atom is 0.407 e. The molecule has 1 unspecified atom stereocenters. The third-order valence-electron chi connectivity index (χ3n) is 17.1. The summed E-state index contributed by atoms with van der Waals surface area (Å²) in [4.78, 5) is 156. The van der Waals surface area contributed by atoms with Gasteiger partial charge in [-0.1, -0.05) is 110 Å². The number of imide groups is 1. The van der Waals surface area contributed by atoms with Gasteiger partial charge in [0.2, 0.25) is 41.4 Å². The molecule has 2 aliphatic heterocycles. The summed E-state index contributed by atoms with van der Waals surface area (Å²) in [5, 5.41) is 30.6. The molecule has 3 aliphatic rings. The molecule has 27 heteroatoms. The van der Waals surface area contributed by atoms with E-state index in [0.29, 0.717) is 43.4 Å². The van der Waals surface area contributed by atoms with Gasteiger partial charge in [0.05, 0.1) is 17.2 Å². The normalized spacial score (nSPS) is 18.3. The second-order valence-electron chi connectivity index (χ2n) is 25.1. The minimum absolute atomic E-state index is 0.0138. The molecule has 1 aromatic carbocycles. The molecular weight excluding hydrogens is 1240 g/mol. The molecule has 0 radical (unpaired) electrons. The zero-order valence-electron chi connectivity index (χ0n) is 55.9. The quantitative estimate of drug-likeness (QED) is 0.0248. The van der Waals surface area contributed by atoms with E-state index in [1.807, 2.05) is 82.2 Å². The number of benzene rings is 1. The van der Waals surface area contributed by atoms with Gasteiger partial charge in [-0.3, -0.25) is 53.0 Å². The van der Waals surface area contributed by atoms with Crippen molar-refractivity contribution in [2.75, 3.05) is 46.1 Å². The van der Waals surface area contributed by atoms with Gasteiger partial charge < -0.3 is 57.7 Å². The number of carboxylic acids is 1. The lowest BCUT2D eigenvalue weighted by atomic mass is 9.92. The SMILES string of the molecule is CC[C@H](C)[C@H](NC(=O)[C@H]1CCCCN1C)C(=O)N(C)[C@H](C[C@@H](OC(=O)NC)c1nc(C(=O)N[C@@H](Cc2ccc(NC(=O)[C@H](CCCNC(N)=O)NC(=O)[C@@H](NC(=O)CCCCCN3C(=O)CC(SC4=CC=CC=CC=C4)C3=O)C(C)C)cc2)C[C@H](C)C(=O)O)cs1)C(C)C. The number of amides is 11. The maximum absolute atomic E-state index is 14.5. The molecule has 516 valence electrons. The number of carbonyl (C=O) groups is 11. The van der Waals surface area contributed by atoms with Gasteiger partial charge in [-0.2, -0.15) is 0 Å². The first kappa shape index (κ1) is 76.8. The van der Waals surface area contributed by atoms with E-state index < -0.39 is 95.1 Å². The van der Waals surface area contributed by atoms with Crippen LogP contribution in [0.3, 0.4) is 0 Å². The van der Waals surface area contributed by atoms with Crippen molar-refractivity contribution < 1.29 is 62.6 Å². The molecule has 10 atom stereocenters. The molecule has 0 spiro atoms. The summed E-state index contributed by atoms with van der Waals surface area (Å²) in [5.41, 5.74) is 6.27. The third kappa shape index (κ3) is 24.1. The minimum Gasteiger partial charge on any atom is -0.481 e. The van der Waals surface area contributed by atoms with Crippen molar-refractivity contribution in [1.82, 2.24) is 51.6 Å². The van der Waals surface area contributed by atoms with Gasteiger partial charge in [-0.25, -0.2) is 14.6 Å². The third-order valence-corrected chi connectivity index (χ3v) is 19.2. The van der Waals surface area contributed by atoms with E-state index in [4.69, 9.17) is 10.5 Å². The lowest BCUT2D eigenvalue weighted by Crippen LogP contribution is -2.58. The summed E-state index contributed by atoms with van der Waals surface area (Å²) >= 11 is 2.43. The molecule has 1 aliphatic carbocycles. The predicted molar refractivity (Wildman–Crippen MR) is 362 cm³/mol. The number of piperidine rings is 1. The Morgan fingerprint density at radius 1 is 0.851 bits per heavy atom. The van der Waals surface area contributed by atoms with Crippen molar-refractivity contribution in [3.8, 4) is 0 Å². The van der Waals surface area contributed by atoms with E-state index in [1.54, 1.807) is 50.1 Å². The minimum atomic E-state index is -1.13. The van der Waals surface area contributed by atoms with E-state index >= 15 is 0 Å². The van der Waals surface area contributed by atoms with E-state index in [1.165, 1.54) is 36.0 Å². The van der Waals surface area contributed by atoms with Crippen LogP contribution in [-0.2, 0) is 49.5 Å². The van der Waals surface area contributed by atoms with Crippen LogP contribution in [0.5, 0.6) is 0 Å². The van der Waals surface area contributed by atoms with Crippen LogP contribution in [0.25, 0.3) is 0 Å². The van der Waals surface area contributed by atoms with Crippen molar-refractivity contribution in [2.24, 2.45) is 29.4 Å². The molecule has 11 amide bonds. The van der Waals surface area contributed by atoms with Crippen molar-refractivity contribution in [3.63, 3.8) is 0 Å². The van der Waals surface area contributed by atoms with E-state index in [9.17, 15) is 57.8 Å². The van der Waals surface area contributed by atoms with Crippen LogP contribution in [0, 0.1) is 23.7 Å². The number of anilines is 1. The summed E-state index contributed by atoms with van der Waals surface area (Å²) in [6.45, 7) is 13.9. The highest BCUT2D eigenvalue weighted by Crippen LogP contribution is 2.34. The van der Waals surface area contributed by atoms with Gasteiger partial charge >= 0.3 is 18.1 Å². The molecule has 2 saturated heterocycles. The molecule has 25 nitrogen and oxygen atoms in total. The van der Waals surface area contributed by atoms with Crippen LogP contribution in [0.15, 0.2) is 77.1 Å².